The van der Waals surface area contributed by atoms with Crippen LogP contribution in [0.15, 0.2) is 30.6 Å². The highest BCUT2D eigenvalue weighted by Gasteiger charge is 2.19. The van der Waals surface area contributed by atoms with E-state index < -0.39 is 0 Å². The molecule has 0 saturated carbocycles. The molecule has 0 saturated heterocycles. The Hall–Kier alpha value is -1.47. The third-order valence-electron chi connectivity index (χ3n) is 3.29. The van der Waals surface area contributed by atoms with Crippen molar-refractivity contribution in [2.45, 2.75) is 25.4 Å². The maximum Gasteiger partial charge on any atom is 0.0834 e. The molecule has 0 aliphatic heterocycles. The van der Waals surface area contributed by atoms with Crippen molar-refractivity contribution in [3.05, 3.63) is 47.0 Å². The minimum absolute atomic E-state index is 0.0844. The predicted molar refractivity (Wildman–Crippen MR) is 81.7 cm³/mol. The van der Waals surface area contributed by atoms with Crippen LogP contribution in [-0.2, 0) is 17.7 Å². The van der Waals surface area contributed by atoms with Crippen LogP contribution in [0.2, 0.25) is 5.02 Å². The lowest BCUT2D eigenvalue weighted by molar-refractivity contribution is 0.181. The number of nitrogens with one attached hydrogen (secondary N) is 1. The minimum atomic E-state index is -0.0844. The van der Waals surface area contributed by atoms with Crippen molar-refractivity contribution in [1.82, 2.24) is 20.2 Å². The first-order valence-electron chi connectivity index (χ1n) is 6.82. The van der Waals surface area contributed by atoms with Gasteiger partial charge in [-0.3, -0.25) is 20.9 Å². The van der Waals surface area contributed by atoms with Crippen LogP contribution in [-0.4, -0.2) is 28.5 Å². The van der Waals surface area contributed by atoms with Crippen LogP contribution in [0.5, 0.6) is 0 Å². The Morgan fingerprint density at radius 2 is 2.33 bits per heavy atom. The van der Waals surface area contributed by atoms with Crippen LogP contribution in [0.3, 0.4) is 0 Å². The van der Waals surface area contributed by atoms with Crippen molar-refractivity contribution in [2.75, 3.05) is 13.7 Å². The molecule has 7 heteroatoms. The zero-order valence-electron chi connectivity index (χ0n) is 12.0. The highest BCUT2D eigenvalue weighted by atomic mass is 35.5. The monoisotopic (exact) mass is 309 g/mol. The molecule has 0 aromatic carbocycles. The number of rotatable bonds is 8. The molecule has 1 unspecified atom stereocenters. The molecule has 2 aromatic rings. The predicted octanol–water partition coefficient (Wildman–Crippen LogP) is 1.72. The van der Waals surface area contributed by atoms with Gasteiger partial charge in [0, 0.05) is 19.0 Å². The molecule has 1 atom stereocenters. The summed E-state index contributed by atoms with van der Waals surface area (Å²) >= 11 is 6.24. The summed E-state index contributed by atoms with van der Waals surface area (Å²) in [6.45, 7) is 1.21. The van der Waals surface area contributed by atoms with Gasteiger partial charge >= 0.3 is 0 Å². The van der Waals surface area contributed by atoms with Crippen LogP contribution >= 0.6 is 11.6 Å². The number of halogens is 1. The molecule has 0 radical (unpaired) electrons. The molecule has 6 nitrogen and oxygen atoms in total. The van der Waals surface area contributed by atoms with E-state index in [9.17, 15) is 0 Å². The van der Waals surface area contributed by atoms with Crippen molar-refractivity contribution in [1.29, 1.82) is 0 Å². The quantitative estimate of drug-likeness (QED) is 0.573. The van der Waals surface area contributed by atoms with Gasteiger partial charge < -0.3 is 4.74 Å². The molecule has 21 heavy (non-hydrogen) atoms. The average molecular weight is 310 g/mol. The Bertz CT molecular complexity index is 546. The van der Waals surface area contributed by atoms with Gasteiger partial charge in [0.05, 0.1) is 36.1 Å². The van der Waals surface area contributed by atoms with Gasteiger partial charge in [0.1, 0.15) is 0 Å². The smallest absolute Gasteiger partial charge is 0.0834 e. The normalized spacial score (nSPS) is 12.5. The highest BCUT2D eigenvalue weighted by Crippen LogP contribution is 2.25. The van der Waals surface area contributed by atoms with E-state index >= 15 is 0 Å². The fraction of sp³-hybridized carbons (Fsp3) is 0.429. The molecule has 3 N–H and O–H groups in total. The maximum atomic E-state index is 6.24. The van der Waals surface area contributed by atoms with Crippen molar-refractivity contribution in [3.63, 3.8) is 0 Å². The summed E-state index contributed by atoms with van der Waals surface area (Å²) < 4.78 is 6.92. The Morgan fingerprint density at radius 1 is 1.48 bits per heavy atom. The zero-order chi connectivity index (χ0) is 15.1. The summed E-state index contributed by atoms with van der Waals surface area (Å²) in [6, 6.07) is 5.79. The number of aryl methyl sites for hydroxylation is 1. The highest BCUT2D eigenvalue weighted by molar-refractivity contribution is 6.31. The molecule has 0 aliphatic carbocycles. The first kappa shape index (κ1) is 15.9. The molecule has 0 bridgehead atoms. The molecule has 0 fully saturated rings. The number of ether oxygens (including phenoxy) is 1. The molecule has 0 amide bonds. The second-order valence-corrected chi connectivity index (χ2v) is 5.08. The van der Waals surface area contributed by atoms with E-state index in [1.54, 1.807) is 19.5 Å². The van der Waals surface area contributed by atoms with Crippen LogP contribution in [0.4, 0.5) is 0 Å². The SMILES string of the molecule is COCCn1ncc(Cl)c1C(CCc1ccccn1)NN. The summed E-state index contributed by atoms with van der Waals surface area (Å²) in [5, 5.41) is 4.88. The third-order valence-corrected chi connectivity index (χ3v) is 3.58. The van der Waals surface area contributed by atoms with Gasteiger partial charge in [-0.15, -0.1) is 0 Å². The van der Waals surface area contributed by atoms with Crippen LogP contribution in [0.1, 0.15) is 23.9 Å². The molecule has 2 aromatic heterocycles. The van der Waals surface area contributed by atoms with E-state index in [1.807, 2.05) is 22.9 Å². The number of methoxy groups -OCH3 is 1. The van der Waals surface area contributed by atoms with E-state index in [-0.39, 0.29) is 6.04 Å². The zero-order valence-corrected chi connectivity index (χ0v) is 12.8. The van der Waals surface area contributed by atoms with E-state index in [1.165, 1.54) is 0 Å². The first-order valence-corrected chi connectivity index (χ1v) is 7.20. The van der Waals surface area contributed by atoms with Crippen molar-refractivity contribution >= 4 is 11.6 Å². The third kappa shape index (κ3) is 4.25. The fourth-order valence-corrected chi connectivity index (χ4v) is 2.48. The van der Waals surface area contributed by atoms with Gasteiger partial charge in [-0.25, -0.2) is 0 Å². The van der Waals surface area contributed by atoms with Crippen molar-refractivity contribution in [2.24, 2.45) is 5.84 Å². The summed E-state index contributed by atoms with van der Waals surface area (Å²) in [4.78, 5) is 4.32. The topological polar surface area (TPSA) is 78.0 Å². The number of nitrogens with zero attached hydrogens (tertiary/aromatic N) is 3. The van der Waals surface area contributed by atoms with Gasteiger partial charge in [-0.1, -0.05) is 17.7 Å². The molecule has 0 aliphatic rings. The summed E-state index contributed by atoms with van der Waals surface area (Å²) in [5.41, 5.74) is 4.72. The summed E-state index contributed by atoms with van der Waals surface area (Å²) in [6.07, 6.45) is 5.01. The lowest BCUT2D eigenvalue weighted by atomic mass is 10.1. The Balaban J connectivity index is 2.08. The van der Waals surface area contributed by atoms with Gasteiger partial charge in [-0.05, 0) is 25.0 Å². The van der Waals surface area contributed by atoms with Gasteiger partial charge in [-0.2, -0.15) is 5.10 Å². The second kappa shape index (κ2) is 8.09. The maximum absolute atomic E-state index is 6.24. The number of hydrogen-bond donors (Lipinski definition) is 2. The first-order chi connectivity index (χ1) is 10.3. The number of aromatic nitrogens is 3. The number of pyridine rings is 1. The van der Waals surface area contributed by atoms with Crippen molar-refractivity contribution in [3.8, 4) is 0 Å². The average Bonchev–Trinajstić information content (AvgIpc) is 2.88. The largest absolute Gasteiger partial charge is 0.383 e. The molecule has 2 heterocycles. The molecule has 0 spiro atoms. The molecular weight excluding hydrogens is 290 g/mol. The van der Waals surface area contributed by atoms with Crippen LogP contribution in [0, 0.1) is 0 Å². The summed E-state index contributed by atoms with van der Waals surface area (Å²) in [7, 11) is 1.66. The summed E-state index contributed by atoms with van der Waals surface area (Å²) in [5.74, 6) is 5.69. The number of nitrogens with two attached hydrogens (primary N) is 1. The Morgan fingerprint density at radius 3 is 3.00 bits per heavy atom. The van der Waals surface area contributed by atoms with E-state index in [0.29, 0.717) is 18.2 Å². The van der Waals surface area contributed by atoms with Crippen LogP contribution in [0.25, 0.3) is 0 Å². The van der Waals surface area contributed by atoms with E-state index in [2.05, 4.69) is 15.5 Å². The van der Waals surface area contributed by atoms with Gasteiger partial charge in [0.15, 0.2) is 0 Å². The Kier molecular flexibility index (Phi) is 6.13. The second-order valence-electron chi connectivity index (χ2n) is 4.67. The van der Waals surface area contributed by atoms with E-state index in [4.69, 9.17) is 22.2 Å². The number of hydrogen-bond acceptors (Lipinski definition) is 5. The molecular formula is C14H20ClN5O. The fourth-order valence-electron chi connectivity index (χ4n) is 2.21. The lowest BCUT2D eigenvalue weighted by Crippen LogP contribution is -2.31. The van der Waals surface area contributed by atoms with Crippen molar-refractivity contribution < 1.29 is 4.74 Å². The van der Waals surface area contributed by atoms with Crippen LogP contribution < -0.4 is 11.3 Å². The van der Waals surface area contributed by atoms with E-state index in [0.717, 1.165) is 24.2 Å². The lowest BCUT2D eigenvalue weighted by Gasteiger charge is -2.18. The van der Waals surface area contributed by atoms with Gasteiger partial charge in [0.2, 0.25) is 0 Å². The minimum Gasteiger partial charge on any atom is -0.383 e. The number of hydrazine groups is 1. The Labute approximate surface area is 129 Å². The standard InChI is InChI=1S/C14H20ClN5O/c1-21-9-8-20-14(12(15)10-18-20)13(19-16)6-5-11-4-2-3-7-17-11/h2-4,7,10,13,19H,5-6,8-9,16H2,1H3. The van der Waals surface area contributed by atoms with Gasteiger partial charge in [0.25, 0.3) is 0 Å². The molecule has 114 valence electrons. The molecule has 2 rings (SSSR count).